The lowest BCUT2D eigenvalue weighted by atomic mass is 9.74. The number of alkyl halides is 3. The summed E-state index contributed by atoms with van der Waals surface area (Å²) in [6, 6.07) is 9.32. The number of H-pyrrole nitrogens is 1. The van der Waals surface area contributed by atoms with Gasteiger partial charge < -0.3 is 4.98 Å². The molecule has 1 unspecified atom stereocenters. The topological polar surface area (TPSA) is 53.9 Å². The zero-order chi connectivity index (χ0) is 19.0. The van der Waals surface area contributed by atoms with Gasteiger partial charge in [-0.3, -0.25) is 0 Å². The lowest BCUT2D eigenvalue weighted by molar-refractivity contribution is -0.140. The minimum absolute atomic E-state index is 0.131. The Labute approximate surface area is 154 Å². The van der Waals surface area contributed by atoms with Gasteiger partial charge in [0.15, 0.2) is 5.82 Å². The van der Waals surface area contributed by atoms with Crippen molar-refractivity contribution in [1.82, 2.24) is 15.0 Å². The molecule has 2 aromatic heterocycles. The fourth-order valence-corrected chi connectivity index (χ4v) is 3.85. The number of nitrogens with one attached hydrogen (secondary N) is 1. The van der Waals surface area contributed by atoms with Crippen LogP contribution in [-0.2, 0) is 12.6 Å². The van der Waals surface area contributed by atoms with E-state index < -0.39 is 11.9 Å². The van der Waals surface area contributed by atoms with Crippen molar-refractivity contribution in [2.75, 3.05) is 0 Å². The zero-order valence-electron chi connectivity index (χ0n) is 14.8. The monoisotopic (exact) mass is 372 g/mol. The van der Waals surface area contributed by atoms with E-state index in [1.165, 1.54) is 17.5 Å². The van der Waals surface area contributed by atoms with Crippen molar-refractivity contribution in [3.63, 3.8) is 0 Å². The molecular weight excluding hydrogens is 353 g/mol. The third-order valence-corrected chi connectivity index (χ3v) is 5.30. The maximum absolute atomic E-state index is 13.0. The summed E-state index contributed by atoms with van der Waals surface area (Å²) in [5, 5.41) is 0.276. The average Bonchev–Trinajstić information content (AvgIpc) is 3.11. The minimum atomic E-state index is -4.46. The van der Waals surface area contributed by atoms with Gasteiger partial charge in [0.1, 0.15) is 17.7 Å². The summed E-state index contributed by atoms with van der Waals surface area (Å²) in [5.41, 5.74) is 1.85. The molecule has 140 valence electrons. The molecule has 1 N–H and O–H groups in total. The normalized spacial score (nSPS) is 20.3. The first-order valence-corrected chi connectivity index (χ1v) is 9.00. The molecule has 0 radical (unpaired) electrons. The van der Waals surface area contributed by atoms with Crippen LogP contribution in [0.1, 0.15) is 42.5 Å². The van der Waals surface area contributed by atoms with Crippen LogP contribution in [0.5, 0.6) is 0 Å². The van der Waals surface area contributed by atoms with Crippen LogP contribution in [-0.4, -0.2) is 21.2 Å². The highest BCUT2D eigenvalue weighted by molar-refractivity contribution is 5.88. The second kappa shape index (κ2) is 6.79. The highest BCUT2D eigenvalue weighted by Gasteiger charge is 2.33. The number of benzene rings is 1. The molecule has 1 aliphatic rings. The van der Waals surface area contributed by atoms with Crippen molar-refractivity contribution in [3.8, 4) is 0 Å². The molecule has 1 aromatic carbocycles. The quantitative estimate of drug-likeness (QED) is 0.623. The van der Waals surface area contributed by atoms with Crippen molar-refractivity contribution in [3.05, 3.63) is 53.5 Å². The van der Waals surface area contributed by atoms with E-state index in [9.17, 15) is 13.2 Å². The predicted molar refractivity (Wildman–Crippen MR) is 98.3 cm³/mol. The van der Waals surface area contributed by atoms with Gasteiger partial charge in [0.05, 0.1) is 5.39 Å². The second-order valence-electron chi connectivity index (χ2n) is 6.85. The minimum Gasteiger partial charge on any atom is -0.336 e. The molecule has 0 spiro atoms. The van der Waals surface area contributed by atoms with Crippen molar-refractivity contribution in [2.24, 2.45) is 10.9 Å². The number of aromatic amines is 1. The van der Waals surface area contributed by atoms with E-state index in [0.717, 1.165) is 25.3 Å². The molecule has 0 fully saturated rings. The zero-order valence-corrected chi connectivity index (χ0v) is 14.8. The molecular formula is C20H19F3N4. The number of halogens is 3. The first-order valence-electron chi connectivity index (χ1n) is 9.00. The number of rotatable bonds is 3. The number of aromatic nitrogens is 3. The number of fused-ring (bicyclic) bond motifs is 2. The van der Waals surface area contributed by atoms with Crippen molar-refractivity contribution >= 4 is 23.1 Å². The molecule has 0 amide bonds. The Morgan fingerprint density at radius 2 is 2.07 bits per heavy atom. The first-order chi connectivity index (χ1) is 13.0. The van der Waals surface area contributed by atoms with E-state index in [4.69, 9.17) is 0 Å². The lowest BCUT2D eigenvalue weighted by Crippen LogP contribution is -2.21. The van der Waals surface area contributed by atoms with Gasteiger partial charge in [0.2, 0.25) is 0 Å². The van der Waals surface area contributed by atoms with Gasteiger partial charge >= 0.3 is 6.18 Å². The van der Waals surface area contributed by atoms with Gasteiger partial charge in [0.25, 0.3) is 0 Å². The smallest absolute Gasteiger partial charge is 0.336 e. The molecule has 0 aliphatic heterocycles. The van der Waals surface area contributed by atoms with Gasteiger partial charge in [-0.05, 0) is 36.0 Å². The van der Waals surface area contributed by atoms with E-state index in [0.29, 0.717) is 5.92 Å². The van der Waals surface area contributed by atoms with Crippen LogP contribution in [0.3, 0.4) is 0 Å². The molecule has 0 saturated heterocycles. The van der Waals surface area contributed by atoms with E-state index in [-0.39, 0.29) is 22.8 Å². The molecule has 7 heteroatoms. The third kappa shape index (κ3) is 3.34. The van der Waals surface area contributed by atoms with Crippen LogP contribution >= 0.6 is 0 Å². The summed E-state index contributed by atoms with van der Waals surface area (Å²) in [6.07, 6.45) is 1.76. The van der Waals surface area contributed by atoms with Gasteiger partial charge in [-0.2, -0.15) is 13.2 Å². The van der Waals surface area contributed by atoms with Gasteiger partial charge in [-0.15, -0.1) is 0 Å². The van der Waals surface area contributed by atoms with Crippen molar-refractivity contribution in [2.45, 2.75) is 38.3 Å². The van der Waals surface area contributed by atoms with E-state index in [1.54, 1.807) is 0 Å². The average molecular weight is 372 g/mol. The van der Waals surface area contributed by atoms with Gasteiger partial charge in [-0.1, -0.05) is 37.6 Å². The maximum Gasteiger partial charge on any atom is 0.431 e. The molecule has 0 saturated carbocycles. The van der Waals surface area contributed by atoms with E-state index in [2.05, 4.69) is 39.0 Å². The Morgan fingerprint density at radius 3 is 2.85 bits per heavy atom. The predicted octanol–water partition coefficient (Wildman–Crippen LogP) is 5.44. The summed E-state index contributed by atoms with van der Waals surface area (Å²) in [7, 11) is 0. The highest BCUT2D eigenvalue weighted by Crippen LogP contribution is 2.38. The van der Waals surface area contributed by atoms with Crippen LogP contribution < -0.4 is 0 Å². The summed E-state index contributed by atoms with van der Waals surface area (Å²) in [4.78, 5) is 14.8. The second-order valence-corrected chi connectivity index (χ2v) is 6.85. The summed E-state index contributed by atoms with van der Waals surface area (Å²) < 4.78 is 38.9. The lowest BCUT2D eigenvalue weighted by Gasteiger charge is -2.30. The number of hydrogen-bond donors (Lipinski definition) is 1. The summed E-state index contributed by atoms with van der Waals surface area (Å²) in [5.74, 6) is 0.841. The Bertz CT molecular complexity index is 990. The Kier molecular flexibility index (Phi) is 4.45. The number of aryl methyl sites for hydroxylation is 1. The molecule has 2 atom stereocenters. The molecule has 3 aromatic rings. The van der Waals surface area contributed by atoms with Crippen LogP contribution in [0, 0.1) is 5.92 Å². The molecule has 2 heterocycles. The molecule has 0 bridgehead atoms. The first kappa shape index (κ1) is 17.7. The fourth-order valence-electron chi connectivity index (χ4n) is 3.85. The Morgan fingerprint density at radius 1 is 1.26 bits per heavy atom. The Hall–Kier alpha value is -2.70. The highest BCUT2D eigenvalue weighted by atomic mass is 19.4. The standard InChI is InChI=1S/C20H19F3N4/c1-2-12-7-8-13-5-3-4-6-14(13)16(12)10-24-18-15-9-17(20(21,22)23)27-19(15)26-11-25-18/h3-6,9-12,16H,2,7-8H2,1H3,(H,25,26,27)/t12-,16?/m1/s1. The van der Waals surface area contributed by atoms with Crippen LogP contribution in [0.4, 0.5) is 19.0 Å². The Balaban J connectivity index is 1.73. The number of nitrogens with zero attached hydrogens (tertiary/aromatic N) is 3. The molecule has 1 aliphatic carbocycles. The van der Waals surface area contributed by atoms with E-state index >= 15 is 0 Å². The number of hydrogen-bond acceptors (Lipinski definition) is 3. The van der Waals surface area contributed by atoms with Crippen LogP contribution in [0.15, 0.2) is 41.7 Å². The number of aliphatic imine (C=N–C) groups is 1. The fraction of sp³-hybridized carbons (Fsp3) is 0.350. The van der Waals surface area contributed by atoms with Crippen molar-refractivity contribution in [1.29, 1.82) is 0 Å². The summed E-state index contributed by atoms with van der Waals surface area (Å²) in [6.45, 7) is 2.16. The van der Waals surface area contributed by atoms with Gasteiger partial charge in [0, 0.05) is 12.1 Å². The van der Waals surface area contributed by atoms with Crippen molar-refractivity contribution < 1.29 is 13.2 Å². The molecule has 4 rings (SSSR count). The van der Waals surface area contributed by atoms with E-state index in [1.807, 2.05) is 18.3 Å². The van der Waals surface area contributed by atoms with Crippen LogP contribution in [0.25, 0.3) is 11.0 Å². The van der Waals surface area contributed by atoms with Crippen LogP contribution in [0.2, 0.25) is 0 Å². The maximum atomic E-state index is 13.0. The molecule has 27 heavy (non-hydrogen) atoms. The van der Waals surface area contributed by atoms with Gasteiger partial charge in [-0.25, -0.2) is 15.0 Å². The largest absolute Gasteiger partial charge is 0.431 e. The SMILES string of the molecule is CC[C@@H]1CCc2ccccc2C1C=Nc1ncnc2[nH]c(C(F)(F)F)cc12. The summed E-state index contributed by atoms with van der Waals surface area (Å²) >= 11 is 0. The molecule has 4 nitrogen and oxygen atoms in total. The third-order valence-electron chi connectivity index (χ3n) is 5.30.